The summed E-state index contributed by atoms with van der Waals surface area (Å²) in [6.07, 6.45) is 2.01. The maximum Gasteiger partial charge on any atom is 0.125 e. The molecule has 2 aromatic rings. The Morgan fingerprint density at radius 2 is 1.44 bits per heavy atom. The molecule has 0 fully saturated rings. The van der Waals surface area contributed by atoms with Crippen molar-refractivity contribution in [3.8, 4) is 0 Å². The number of aliphatic imine (C=N–C) groups is 1. The Morgan fingerprint density at radius 3 is 2.06 bits per heavy atom. The minimum absolute atomic E-state index is 0.294. The van der Waals surface area contributed by atoms with Crippen molar-refractivity contribution >= 4 is 5.84 Å². The molecule has 1 aliphatic carbocycles. The molecule has 0 saturated carbocycles. The summed E-state index contributed by atoms with van der Waals surface area (Å²) in [7, 11) is 0. The zero-order valence-corrected chi connectivity index (χ0v) is 10.2. The largest absolute Gasteiger partial charge is 0.383 e. The van der Waals surface area contributed by atoms with Crippen molar-refractivity contribution in [2.24, 2.45) is 10.7 Å². The van der Waals surface area contributed by atoms with E-state index in [1.54, 1.807) is 0 Å². The molecule has 0 aliphatic heterocycles. The van der Waals surface area contributed by atoms with Gasteiger partial charge in [0.05, 0.1) is 6.04 Å². The fraction of sp³-hybridized carbons (Fsp3) is 0.188. The number of benzene rings is 2. The van der Waals surface area contributed by atoms with Gasteiger partial charge in [0.1, 0.15) is 5.84 Å². The minimum atomic E-state index is 0.294. The van der Waals surface area contributed by atoms with Gasteiger partial charge in [-0.3, -0.25) is 4.99 Å². The van der Waals surface area contributed by atoms with Crippen molar-refractivity contribution in [3.05, 3.63) is 71.3 Å². The van der Waals surface area contributed by atoms with Crippen molar-refractivity contribution in [1.82, 2.24) is 0 Å². The second kappa shape index (κ2) is 4.65. The molecule has 2 N–H and O–H groups in total. The van der Waals surface area contributed by atoms with Gasteiger partial charge in [-0.05, 0) is 24.0 Å². The predicted molar refractivity (Wildman–Crippen MR) is 74.8 cm³/mol. The van der Waals surface area contributed by atoms with Crippen LogP contribution in [0.2, 0.25) is 0 Å². The topological polar surface area (TPSA) is 38.4 Å². The average Bonchev–Trinajstić information content (AvgIpc) is 2.82. The van der Waals surface area contributed by atoms with Gasteiger partial charge in [-0.25, -0.2) is 0 Å². The standard InChI is InChI=1S/C16H16N2/c17-16(12-6-2-1-3-7-12)18-15-10-13-8-4-5-9-14(13)11-15/h1-9,15H,10-11H2,(H2,17,18). The molecule has 2 nitrogen and oxygen atoms in total. The Bertz CT molecular complexity index is 548. The van der Waals surface area contributed by atoms with E-state index >= 15 is 0 Å². The summed E-state index contributed by atoms with van der Waals surface area (Å²) in [6, 6.07) is 18.8. The van der Waals surface area contributed by atoms with E-state index in [1.807, 2.05) is 30.3 Å². The maximum atomic E-state index is 6.06. The van der Waals surface area contributed by atoms with Crippen LogP contribution in [0, 0.1) is 0 Å². The molecule has 0 spiro atoms. The summed E-state index contributed by atoms with van der Waals surface area (Å²) in [5.41, 5.74) is 9.89. The van der Waals surface area contributed by atoms with Crippen molar-refractivity contribution in [3.63, 3.8) is 0 Å². The van der Waals surface area contributed by atoms with Crippen LogP contribution in [0.15, 0.2) is 59.6 Å². The zero-order chi connectivity index (χ0) is 12.4. The Labute approximate surface area is 107 Å². The summed E-state index contributed by atoms with van der Waals surface area (Å²) in [5.74, 6) is 0.647. The predicted octanol–water partition coefficient (Wildman–Crippen LogP) is 2.56. The number of rotatable bonds is 2. The van der Waals surface area contributed by atoms with Crippen LogP contribution < -0.4 is 5.73 Å². The lowest BCUT2D eigenvalue weighted by Gasteiger charge is -2.05. The highest BCUT2D eigenvalue weighted by molar-refractivity contribution is 5.97. The fourth-order valence-corrected chi connectivity index (χ4v) is 2.51. The molecule has 2 heteroatoms. The molecule has 18 heavy (non-hydrogen) atoms. The average molecular weight is 236 g/mol. The van der Waals surface area contributed by atoms with E-state index in [2.05, 4.69) is 29.3 Å². The van der Waals surface area contributed by atoms with Gasteiger partial charge in [0.2, 0.25) is 0 Å². The summed E-state index contributed by atoms with van der Waals surface area (Å²) >= 11 is 0. The first-order valence-electron chi connectivity index (χ1n) is 6.28. The number of hydrogen-bond donors (Lipinski definition) is 1. The first-order chi connectivity index (χ1) is 8.83. The normalized spacial score (nSPS) is 15.7. The second-order valence-corrected chi connectivity index (χ2v) is 4.71. The van der Waals surface area contributed by atoms with Crippen LogP contribution in [-0.2, 0) is 12.8 Å². The van der Waals surface area contributed by atoms with Gasteiger partial charge in [0.25, 0.3) is 0 Å². The number of fused-ring (bicyclic) bond motifs is 1. The third-order valence-electron chi connectivity index (χ3n) is 3.42. The molecule has 1 aliphatic rings. The molecule has 2 aromatic carbocycles. The highest BCUT2D eigenvalue weighted by atomic mass is 14.9. The van der Waals surface area contributed by atoms with Crippen molar-refractivity contribution < 1.29 is 0 Å². The lowest BCUT2D eigenvalue weighted by atomic mass is 10.1. The van der Waals surface area contributed by atoms with E-state index in [4.69, 9.17) is 5.73 Å². The van der Waals surface area contributed by atoms with E-state index in [-0.39, 0.29) is 0 Å². The molecular weight excluding hydrogens is 220 g/mol. The van der Waals surface area contributed by atoms with Crippen LogP contribution in [0.1, 0.15) is 16.7 Å². The van der Waals surface area contributed by atoms with Gasteiger partial charge < -0.3 is 5.73 Å². The van der Waals surface area contributed by atoms with Gasteiger partial charge in [0, 0.05) is 5.56 Å². The first kappa shape index (κ1) is 11.0. The Balaban J connectivity index is 1.80. The summed E-state index contributed by atoms with van der Waals surface area (Å²) < 4.78 is 0. The van der Waals surface area contributed by atoms with E-state index in [0.717, 1.165) is 18.4 Å². The molecule has 0 unspecified atom stereocenters. The molecule has 0 saturated heterocycles. The maximum absolute atomic E-state index is 6.06. The van der Waals surface area contributed by atoms with E-state index < -0.39 is 0 Å². The van der Waals surface area contributed by atoms with Gasteiger partial charge in [-0.2, -0.15) is 0 Å². The van der Waals surface area contributed by atoms with Crippen LogP contribution in [0.4, 0.5) is 0 Å². The smallest absolute Gasteiger partial charge is 0.125 e. The fourth-order valence-electron chi connectivity index (χ4n) is 2.51. The minimum Gasteiger partial charge on any atom is -0.383 e. The van der Waals surface area contributed by atoms with Gasteiger partial charge in [-0.1, -0.05) is 54.6 Å². The third-order valence-corrected chi connectivity index (χ3v) is 3.42. The van der Waals surface area contributed by atoms with Crippen LogP contribution in [0.3, 0.4) is 0 Å². The highest BCUT2D eigenvalue weighted by Crippen LogP contribution is 2.23. The van der Waals surface area contributed by atoms with Crippen molar-refractivity contribution in [1.29, 1.82) is 0 Å². The molecule has 0 heterocycles. The lowest BCUT2D eigenvalue weighted by Crippen LogP contribution is -2.18. The van der Waals surface area contributed by atoms with Crippen LogP contribution >= 0.6 is 0 Å². The van der Waals surface area contributed by atoms with Crippen molar-refractivity contribution in [2.45, 2.75) is 18.9 Å². The summed E-state index contributed by atoms with van der Waals surface area (Å²) in [6.45, 7) is 0. The second-order valence-electron chi connectivity index (χ2n) is 4.71. The Hall–Kier alpha value is -2.09. The monoisotopic (exact) mass is 236 g/mol. The number of hydrogen-bond acceptors (Lipinski definition) is 1. The Morgan fingerprint density at radius 1 is 0.889 bits per heavy atom. The molecule has 0 atom stereocenters. The summed E-state index contributed by atoms with van der Waals surface area (Å²) in [5, 5.41) is 0. The van der Waals surface area contributed by atoms with Gasteiger partial charge in [-0.15, -0.1) is 0 Å². The van der Waals surface area contributed by atoms with Gasteiger partial charge >= 0.3 is 0 Å². The number of amidine groups is 1. The molecular formula is C16H16N2. The molecule has 0 radical (unpaired) electrons. The molecule has 3 rings (SSSR count). The number of nitrogens with two attached hydrogens (primary N) is 1. The van der Waals surface area contributed by atoms with E-state index in [0.29, 0.717) is 11.9 Å². The molecule has 0 amide bonds. The van der Waals surface area contributed by atoms with E-state index in [9.17, 15) is 0 Å². The lowest BCUT2D eigenvalue weighted by molar-refractivity contribution is 0.723. The SMILES string of the molecule is NC(=NC1Cc2ccccc2C1)c1ccccc1. The Kier molecular flexibility index (Phi) is 2.85. The van der Waals surface area contributed by atoms with Crippen LogP contribution in [0.5, 0.6) is 0 Å². The molecule has 90 valence electrons. The highest BCUT2D eigenvalue weighted by Gasteiger charge is 2.20. The van der Waals surface area contributed by atoms with Crippen LogP contribution in [-0.4, -0.2) is 11.9 Å². The molecule has 0 aromatic heterocycles. The number of nitrogens with zero attached hydrogens (tertiary/aromatic N) is 1. The van der Waals surface area contributed by atoms with E-state index in [1.165, 1.54) is 11.1 Å². The first-order valence-corrected chi connectivity index (χ1v) is 6.28. The quantitative estimate of drug-likeness (QED) is 0.631. The third kappa shape index (κ3) is 2.14. The summed E-state index contributed by atoms with van der Waals surface area (Å²) in [4.78, 5) is 4.66. The molecule has 0 bridgehead atoms. The van der Waals surface area contributed by atoms with Crippen LogP contribution in [0.25, 0.3) is 0 Å². The van der Waals surface area contributed by atoms with Gasteiger partial charge in [0.15, 0.2) is 0 Å². The van der Waals surface area contributed by atoms with Crippen molar-refractivity contribution in [2.75, 3.05) is 0 Å². The zero-order valence-electron chi connectivity index (χ0n) is 10.2.